The number of hydrogen-bond acceptors (Lipinski definition) is 6. The van der Waals surface area contributed by atoms with Gasteiger partial charge in [0.25, 0.3) is 0 Å². The summed E-state index contributed by atoms with van der Waals surface area (Å²) in [4.78, 5) is 22.8. The van der Waals surface area contributed by atoms with Crippen LogP contribution in [0, 0.1) is 23.2 Å². The van der Waals surface area contributed by atoms with E-state index in [0.717, 1.165) is 43.0 Å². The van der Waals surface area contributed by atoms with Crippen molar-refractivity contribution in [1.29, 1.82) is 0 Å². The lowest BCUT2D eigenvalue weighted by atomic mass is 9.58. The Bertz CT molecular complexity index is 933. The second-order valence-electron chi connectivity index (χ2n) is 10.5. The van der Waals surface area contributed by atoms with Crippen LogP contribution < -0.4 is 20.5 Å². The molecule has 5 unspecified atom stereocenters. The maximum Gasteiger partial charge on any atom is 0.573 e. The second kappa shape index (κ2) is 11.0. The molecule has 196 valence electrons. The maximum absolute atomic E-state index is 12.3. The minimum atomic E-state index is -4.77. The molecule has 4 saturated carbocycles. The summed E-state index contributed by atoms with van der Waals surface area (Å²) in [5, 5.41) is 3.46. The number of carbonyl (C=O) groups excluding carboxylic acids is 2. The lowest BCUT2D eigenvalue weighted by Crippen LogP contribution is -2.47. The van der Waals surface area contributed by atoms with Crippen LogP contribution in [0.2, 0.25) is 0 Å². The molecule has 5 rings (SSSR count). The van der Waals surface area contributed by atoms with Gasteiger partial charge >= 0.3 is 6.36 Å². The van der Waals surface area contributed by atoms with Gasteiger partial charge < -0.3 is 20.6 Å². The number of halogens is 4. The van der Waals surface area contributed by atoms with Crippen molar-refractivity contribution >= 4 is 40.1 Å². The molecule has 0 radical (unpaired) electrons. The van der Waals surface area contributed by atoms with Gasteiger partial charge in [0.2, 0.25) is 5.91 Å². The van der Waals surface area contributed by atoms with E-state index in [1.807, 2.05) is 0 Å². The van der Waals surface area contributed by atoms with Crippen molar-refractivity contribution in [2.75, 3.05) is 7.05 Å². The number of amides is 1. The van der Waals surface area contributed by atoms with E-state index in [1.165, 1.54) is 31.4 Å². The molecular formula is C24H33BrF3N3O3S. The number of alkyl halides is 3. The number of primary amides is 1. The first-order valence-electron chi connectivity index (χ1n) is 11.7. The monoisotopic (exact) mass is 579 g/mol. The van der Waals surface area contributed by atoms with Gasteiger partial charge in [-0.05, 0) is 107 Å². The predicted octanol–water partition coefficient (Wildman–Crippen LogP) is 5.20. The van der Waals surface area contributed by atoms with Crippen molar-refractivity contribution in [3.63, 3.8) is 0 Å². The quantitative estimate of drug-likeness (QED) is 0.304. The smallest absolute Gasteiger partial charge is 0.405 e. The molecule has 4 fully saturated rings. The van der Waals surface area contributed by atoms with Gasteiger partial charge in [0.15, 0.2) is 0 Å². The Balaban J connectivity index is 0.000000197. The van der Waals surface area contributed by atoms with Crippen molar-refractivity contribution < 1.29 is 27.5 Å². The van der Waals surface area contributed by atoms with Gasteiger partial charge in [0.1, 0.15) is 12.0 Å². The normalized spacial score (nSPS) is 29.7. The average molecular weight is 581 g/mol. The molecule has 1 aromatic carbocycles. The zero-order valence-electron chi connectivity index (χ0n) is 20.1. The van der Waals surface area contributed by atoms with Crippen LogP contribution >= 0.6 is 27.9 Å². The average Bonchev–Trinajstić information content (AvgIpc) is 2.94. The van der Waals surface area contributed by atoms with E-state index in [4.69, 9.17) is 5.73 Å². The Morgan fingerprint density at radius 3 is 2.43 bits per heavy atom. The summed E-state index contributed by atoms with van der Waals surface area (Å²) in [5.41, 5.74) is 4.70. The van der Waals surface area contributed by atoms with Crippen LogP contribution in [0.1, 0.15) is 52.4 Å². The van der Waals surface area contributed by atoms with Crippen LogP contribution in [0.3, 0.4) is 0 Å². The van der Waals surface area contributed by atoms with Crippen LogP contribution in [0.15, 0.2) is 27.6 Å². The number of benzene rings is 1. The van der Waals surface area contributed by atoms with E-state index in [-0.39, 0.29) is 22.0 Å². The molecule has 5 atom stereocenters. The molecule has 0 saturated heterocycles. The molecule has 4 aliphatic carbocycles. The summed E-state index contributed by atoms with van der Waals surface area (Å²) in [5.74, 6) is 1.83. The minimum absolute atomic E-state index is 0.0244. The number of aldehydes is 1. The fourth-order valence-corrected chi connectivity index (χ4v) is 6.96. The Morgan fingerprint density at radius 1 is 1.20 bits per heavy atom. The highest BCUT2D eigenvalue weighted by Crippen LogP contribution is 2.57. The van der Waals surface area contributed by atoms with Crippen LogP contribution in [0.25, 0.3) is 0 Å². The molecule has 6 nitrogen and oxygen atoms in total. The number of ether oxygens (including phenoxy) is 1. The molecular weight excluding hydrogens is 547 g/mol. The van der Waals surface area contributed by atoms with Gasteiger partial charge in [-0.3, -0.25) is 4.79 Å². The molecule has 0 aromatic heterocycles. The van der Waals surface area contributed by atoms with Gasteiger partial charge in [-0.1, -0.05) is 15.9 Å². The Morgan fingerprint density at radius 2 is 1.86 bits per heavy atom. The van der Waals surface area contributed by atoms with Gasteiger partial charge in [-0.2, -0.15) is 0 Å². The zero-order chi connectivity index (χ0) is 26.0. The van der Waals surface area contributed by atoms with E-state index in [1.54, 1.807) is 19.9 Å². The predicted molar refractivity (Wildman–Crippen MR) is 133 cm³/mol. The SMILES string of the molecule is CC(C)(C=O)NSc1ccc(Br)cc1OC(F)(F)F.CNC1CC2CC3CC1CC(C(N)=O)(C3)C2. The molecule has 4 N–H and O–H groups in total. The molecule has 4 bridgehead atoms. The first kappa shape index (κ1) is 28.3. The maximum atomic E-state index is 12.3. The Labute approximate surface area is 216 Å². The fourth-order valence-electron chi connectivity index (χ4n) is 5.86. The van der Waals surface area contributed by atoms with Gasteiger partial charge in [-0.25, -0.2) is 4.72 Å². The highest BCUT2D eigenvalue weighted by atomic mass is 79.9. The van der Waals surface area contributed by atoms with Crippen molar-refractivity contribution in [3.05, 3.63) is 22.7 Å². The molecule has 4 aliphatic rings. The molecule has 1 aromatic rings. The number of nitrogens with two attached hydrogens (primary N) is 1. The molecule has 35 heavy (non-hydrogen) atoms. The van der Waals surface area contributed by atoms with Gasteiger partial charge in [-0.15, -0.1) is 13.2 Å². The minimum Gasteiger partial charge on any atom is -0.405 e. The van der Waals surface area contributed by atoms with Crippen molar-refractivity contribution in [2.24, 2.45) is 28.9 Å². The molecule has 0 aliphatic heterocycles. The number of nitrogens with one attached hydrogen (secondary N) is 2. The number of rotatable bonds is 7. The highest BCUT2D eigenvalue weighted by molar-refractivity contribution is 9.10. The van der Waals surface area contributed by atoms with Crippen LogP contribution in [-0.2, 0) is 9.59 Å². The fraction of sp³-hybridized carbons (Fsp3) is 0.667. The Hall–Kier alpha value is -1.30. The summed E-state index contributed by atoms with van der Waals surface area (Å²) in [6, 6.07) is 4.88. The standard InChI is InChI=1S/C13H22N2O.C11H11BrF3NO2S/c1-15-11-4-9-2-8-3-10(11)7-13(5-8,6-9)12(14)16;1-10(2,6-17)16-19-9-4-3-7(12)5-8(9)18-11(13,14)15/h8-11,15H,2-7H2,1H3,(H2,14,16);3-6,16H,1-2H3. The van der Waals surface area contributed by atoms with Crippen molar-refractivity contribution in [3.8, 4) is 5.75 Å². The van der Waals surface area contributed by atoms with Crippen LogP contribution in [0.5, 0.6) is 5.75 Å². The van der Waals surface area contributed by atoms with E-state index in [9.17, 15) is 22.8 Å². The van der Waals surface area contributed by atoms with Crippen molar-refractivity contribution in [1.82, 2.24) is 10.0 Å². The lowest BCUT2D eigenvalue weighted by Gasteiger charge is -2.46. The topological polar surface area (TPSA) is 93.4 Å². The molecule has 11 heteroatoms. The van der Waals surface area contributed by atoms with E-state index in [2.05, 4.69) is 37.8 Å². The zero-order valence-corrected chi connectivity index (χ0v) is 22.5. The summed E-state index contributed by atoms with van der Waals surface area (Å²) in [6.07, 6.45) is 2.99. The number of fused-ring (bicyclic) bond motifs is 1. The summed E-state index contributed by atoms with van der Waals surface area (Å²) in [6.45, 7) is 3.21. The largest absolute Gasteiger partial charge is 0.573 e. The third kappa shape index (κ3) is 7.36. The van der Waals surface area contributed by atoms with Crippen LogP contribution in [-0.4, -0.2) is 37.2 Å². The Kier molecular flexibility index (Phi) is 8.87. The van der Waals surface area contributed by atoms with E-state index in [0.29, 0.717) is 22.7 Å². The van der Waals surface area contributed by atoms with Crippen molar-refractivity contribution in [2.45, 2.75) is 75.2 Å². The third-order valence-corrected chi connectivity index (χ3v) is 8.89. The van der Waals surface area contributed by atoms with E-state index >= 15 is 0 Å². The lowest BCUT2D eigenvalue weighted by molar-refractivity contribution is -0.275. The first-order chi connectivity index (χ1) is 16.3. The van der Waals surface area contributed by atoms with Gasteiger partial charge in [0, 0.05) is 15.9 Å². The van der Waals surface area contributed by atoms with Crippen LogP contribution in [0.4, 0.5) is 13.2 Å². The molecule has 1 amide bonds. The van der Waals surface area contributed by atoms with E-state index < -0.39 is 11.9 Å². The summed E-state index contributed by atoms with van der Waals surface area (Å²) in [7, 11) is 2.06. The number of hydrogen-bond donors (Lipinski definition) is 3. The summed E-state index contributed by atoms with van der Waals surface area (Å²) >= 11 is 3.98. The third-order valence-electron chi connectivity index (χ3n) is 7.21. The molecule has 0 heterocycles. The highest BCUT2D eigenvalue weighted by Gasteiger charge is 2.53. The second-order valence-corrected chi connectivity index (χ2v) is 12.3. The first-order valence-corrected chi connectivity index (χ1v) is 13.3. The molecule has 0 spiro atoms. The number of carbonyl (C=O) groups is 2. The summed E-state index contributed by atoms with van der Waals surface area (Å²) < 4.78 is 44.0. The van der Waals surface area contributed by atoms with Gasteiger partial charge in [0.05, 0.1) is 10.4 Å².